The first-order valence-corrected chi connectivity index (χ1v) is 6.84. The van der Waals surface area contributed by atoms with E-state index in [2.05, 4.69) is 0 Å². The fraction of sp³-hybridized carbons (Fsp3) is 0.571. The standard InChI is InChI=1S/C14H20ClNO2.ClH/c1-18-11-8-7-10(15)14(17)12(11)13(16)9-5-3-2-4-6-9;/h7-9,13,17H,2-6,16H2,1H3;1H/t13-;/m0./s1. The van der Waals surface area contributed by atoms with Gasteiger partial charge in [0.1, 0.15) is 11.5 Å². The second-order valence-corrected chi connectivity index (χ2v) is 5.34. The number of nitrogens with two attached hydrogens (primary N) is 1. The highest BCUT2D eigenvalue weighted by Crippen LogP contribution is 2.43. The molecule has 1 aromatic rings. The fourth-order valence-electron chi connectivity index (χ4n) is 2.79. The maximum Gasteiger partial charge on any atom is 0.142 e. The molecule has 5 heteroatoms. The van der Waals surface area contributed by atoms with Crippen LogP contribution in [0.2, 0.25) is 5.02 Å². The predicted molar refractivity (Wildman–Crippen MR) is 80.4 cm³/mol. The first kappa shape index (κ1) is 16.4. The molecule has 0 aromatic heterocycles. The van der Waals surface area contributed by atoms with E-state index in [0.717, 1.165) is 12.8 Å². The van der Waals surface area contributed by atoms with Crippen LogP contribution in [0.25, 0.3) is 0 Å². The van der Waals surface area contributed by atoms with Crippen LogP contribution in [-0.2, 0) is 0 Å². The van der Waals surface area contributed by atoms with Crippen molar-refractivity contribution in [1.29, 1.82) is 0 Å². The Balaban J connectivity index is 0.00000180. The Morgan fingerprint density at radius 2 is 1.95 bits per heavy atom. The van der Waals surface area contributed by atoms with Crippen LogP contribution in [-0.4, -0.2) is 12.2 Å². The number of hydrogen-bond acceptors (Lipinski definition) is 3. The maximum absolute atomic E-state index is 10.1. The monoisotopic (exact) mass is 305 g/mol. The molecule has 0 heterocycles. The Kier molecular flexibility index (Phi) is 6.24. The summed E-state index contributed by atoms with van der Waals surface area (Å²) in [5.41, 5.74) is 6.97. The molecule has 1 aromatic carbocycles. The summed E-state index contributed by atoms with van der Waals surface area (Å²) in [4.78, 5) is 0. The summed E-state index contributed by atoms with van der Waals surface area (Å²) in [6, 6.07) is 3.19. The molecule has 0 aliphatic heterocycles. The summed E-state index contributed by atoms with van der Waals surface area (Å²) >= 11 is 5.96. The SMILES string of the molecule is COc1ccc(Cl)c(O)c1[C@@H](N)C1CCCCC1.Cl. The summed E-state index contributed by atoms with van der Waals surface area (Å²) < 4.78 is 5.29. The second kappa shape index (κ2) is 7.22. The smallest absolute Gasteiger partial charge is 0.142 e. The molecule has 1 fully saturated rings. The van der Waals surface area contributed by atoms with Crippen LogP contribution in [0.1, 0.15) is 43.7 Å². The highest BCUT2D eigenvalue weighted by Gasteiger charge is 2.27. The third-order valence-electron chi connectivity index (χ3n) is 3.84. The number of phenols is 1. The van der Waals surface area contributed by atoms with E-state index in [1.165, 1.54) is 19.3 Å². The molecule has 3 nitrogen and oxygen atoms in total. The summed E-state index contributed by atoms with van der Waals surface area (Å²) in [7, 11) is 1.58. The highest BCUT2D eigenvalue weighted by atomic mass is 35.5. The number of methoxy groups -OCH3 is 1. The average Bonchev–Trinajstić information content (AvgIpc) is 2.42. The summed E-state index contributed by atoms with van der Waals surface area (Å²) in [5, 5.41) is 10.4. The van der Waals surface area contributed by atoms with Crippen LogP contribution < -0.4 is 10.5 Å². The summed E-state index contributed by atoms with van der Waals surface area (Å²) in [6.07, 6.45) is 5.92. The third-order valence-corrected chi connectivity index (χ3v) is 4.14. The van der Waals surface area contributed by atoms with Crippen molar-refractivity contribution < 1.29 is 9.84 Å². The summed E-state index contributed by atoms with van der Waals surface area (Å²) in [5.74, 6) is 1.08. The third kappa shape index (κ3) is 3.47. The zero-order valence-electron chi connectivity index (χ0n) is 11.1. The van der Waals surface area contributed by atoms with E-state index in [4.69, 9.17) is 22.1 Å². The molecule has 108 valence electrons. The molecule has 0 spiro atoms. The van der Waals surface area contributed by atoms with Crippen molar-refractivity contribution in [2.45, 2.75) is 38.1 Å². The Morgan fingerprint density at radius 3 is 2.53 bits per heavy atom. The van der Waals surface area contributed by atoms with E-state index in [9.17, 15) is 5.11 Å². The Labute approximate surface area is 125 Å². The quantitative estimate of drug-likeness (QED) is 0.885. The van der Waals surface area contributed by atoms with Crippen molar-refractivity contribution in [3.63, 3.8) is 0 Å². The molecule has 0 bridgehead atoms. The lowest BCUT2D eigenvalue weighted by Gasteiger charge is -2.29. The lowest BCUT2D eigenvalue weighted by Crippen LogP contribution is -2.24. The predicted octanol–water partition coefficient (Wildman–Crippen LogP) is 4.06. The lowest BCUT2D eigenvalue weighted by atomic mass is 9.81. The van der Waals surface area contributed by atoms with Crippen molar-refractivity contribution >= 4 is 24.0 Å². The van der Waals surface area contributed by atoms with Crippen LogP contribution in [0.15, 0.2) is 12.1 Å². The van der Waals surface area contributed by atoms with Gasteiger partial charge in [0, 0.05) is 6.04 Å². The van der Waals surface area contributed by atoms with Gasteiger partial charge in [-0.25, -0.2) is 0 Å². The van der Waals surface area contributed by atoms with Crippen LogP contribution in [0.4, 0.5) is 0 Å². The number of hydrogen-bond donors (Lipinski definition) is 2. The van der Waals surface area contributed by atoms with Crippen LogP contribution in [0.3, 0.4) is 0 Å². The maximum atomic E-state index is 10.1. The van der Waals surface area contributed by atoms with Crippen LogP contribution >= 0.6 is 24.0 Å². The molecule has 19 heavy (non-hydrogen) atoms. The molecule has 0 saturated heterocycles. The Morgan fingerprint density at radius 1 is 1.32 bits per heavy atom. The number of rotatable bonds is 3. The Hall–Kier alpha value is -0.640. The van der Waals surface area contributed by atoms with Gasteiger partial charge in [-0.1, -0.05) is 30.9 Å². The van der Waals surface area contributed by atoms with E-state index in [1.807, 2.05) is 0 Å². The molecule has 0 radical (unpaired) electrons. The van der Waals surface area contributed by atoms with E-state index >= 15 is 0 Å². The van der Waals surface area contributed by atoms with Crippen molar-refractivity contribution in [1.82, 2.24) is 0 Å². The van der Waals surface area contributed by atoms with Crippen molar-refractivity contribution in [2.24, 2.45) is 11.7 Å². The largest absolute Gasteiger partial charge is 0.506 e. The average molecular weight is 306 g/mol. The van der Waals surface area contributed by atoms with Crippen molar-refractivity contribution in [2.75, 3.05) is 7.11 Å². The molecule has 1 aliphatic carbocycles. The fourth-order valence-corrected chi connectivity index (χ4v) is 2.96. The van der Waals surface area contributed by atoms with E-state index in [1.54, 1.807) is 19.2 Å². The number of aromatic hydroxyl groups is 1. The van der Waals surface area contributed by atoms with Gasteiger partial charge in [-0.2, -0.15) is 0 Å². The first-order chi connectivity index (χ1) is 8.65. The first-order valence-electron chi connectivity index (χ1n) is 6.46. The number of benzene rings is 1. The lowest BCUT2D eigenvalue weighted by molar-refractivity contribution is 0.295. The zero-order chi connectivity index (χ0) is 13.1. The van der Waals surface area contributed by atoms with Crippen LogP contribution in [0.5, 0.6) is 11.5 Å². The highest BCUT2D eigenvalue weighted by molar-refractivity contribution is 6.32. The number of ether oxygens (including phenoxy) is 1. The van der Waals surface area contributed by atoms with Gasteiger partial charge in [-0.05, 0) is 30.9 Å². The van der Waals surface area contributed by atoms with Gasteiger partial charge in [-0.15, -0.1) is 12.4 Å². The zero-order valence-corrected chi connectivity index (χ0v) is 12.6. The summed E-state index contributed by atoms with van der Waals surface area (Å²) in [6.45, 7) is 0. The van der Waals surface area contributed by atoms with Gasteiger partial charge in [0.15, 0.2) is 0 Å². The molecule has 1 aliphatic rings. The second-order valence-electron chi connectivity index (χ2n) is 4.94. The minimum absolute atomic E-state index is 0. The number of phenolic OH excluding ortho intramolecular Hbond substituents is 1. The van der Waals surface area contributed by atoms with E-state index < -0.39 is 0 Å². The van der Waals surface area contributed by atoms with Gasteiger partial charge < -0.3 is 15.6 Å². The van der Waals surface area contributed by atoms with Crippen LogP contribution in [0, 0.1) is 5.92 Å². The minimum atomic E-state index is -0.209. The van der Waals surface area contributed by atoms with Gasteiger partial charge in [-0.3, -0.25) is 0 Å². The number of halogens is 2. The molecule has 2 rings (SSSR count). The Bertz CT molecular complexity index is 420. The molecule has 1 saturated carbocycles. The van der Waals surface area contributed by atoms with Gasteiger partial charge >= 0.3 is 0 Å². The minimum Gasteiger partial charge on any atom is -0.506 e. The van der Waals surface area contributed by atoms with Crippen molar-refractivity contribution in [3.05, 3.63) is 22.7 Å². The molecular weight excluding hydrogens is 285 g/mol. The van der Waals surface area contributed by atoms with Gasteiger partial charge in [0.05, 0.1) is 17.7 Å². The van der Waals surface area contributed by atoms with E-state index in [0.29, 0.717) is 22.3 Å². The van der Waals surface area contributed by atoms with Gasteiger partial charge in [0.2, 0.25) is 0 Å². The topological polar surface area (TPSA) is 55.5 Å². The molecule has 0 unspecified atom stereocenters. The molecule has 0 amide bonds. The molecular formula is C14H21Cl2NO2. The van der Waals surface area contributed by atoms with E-state index in [-0.39, 0.29) is 24.2 Å². The molecule has 3 N–H and O–H groups in total. The van der Waals surface area contributed by atoms with Crippen molar-refractivity contribution in [3.8, 4) is 11.5 Å². The normalized spacial score (nSPS) is 17.6. The molecule has 1 atom stereocenters. The van der Waals surface area contributed by atoms with Gasteiger partial charge in [0.25, 0.3) is 0 Å².